The summed E-state index contributed by atoms with van der Waals surface area (Å²) in [7, 11) is 0. The van der Waals surface area contributed by atoms with Crippen molar-refractivity contribution in [1.29, 1.82) is 0 Å². The van der Waals surface area contributed by atoms with Gasteiger partial charge in [0.1, 0.15) is 0 Å². The summed E-state index contributed by atoms with van der Waals surface area (Å²) in [6.07, 6.45) is 19.6. The molecule has 2 heterocycles. The van der Waals surface area contributed by atoms with Gasteiger partial charge in [-0.05, 0) is 89.4 Å². The van der Waals surface area contributed by atoms with E-state index in [4.69, 9.17) is 0 Å². The van der Waals surface area contributed by atoms with Crippen LogP contribution in [0.1, 0.15) is 32.6 Å². The van der Waals surface area contributed by atoms with Crippen molar-refractivity contribution < 1.29 is 0 Å². The second-order valence-corrected chi connectivity index (χ2v) is 12.8. The molecule has 43 heavy (non-hydrogen) atoms. The lowest BCUT2D eigenvalue weighted by atomic mass is 9.86. The molecule has 0 radical (unpaired) electrons. The number of benzene rings is 4. The molecule has 2 nitrogen and oxygen atoms in total. The molecule has 4 unspecified atom stereocenters. The summed E-state index contributed by atoms with van der Waals surface area (Å²) >= 11 is 0. The van der Waals surface area contributed by atoms with Crippen molar-refractivity contribution in [3.05, 3.63) is 137 Å². The van der Waals surface area contributed by atoms with Crippen LogP contribution in [0.25, 0.3) is 50.6 Å². The molecule has 4 atom stereocenters. The summed E-state index contributed by atoms with van der Waals surface area (Å²) in [5.41, 5.74) is 8.16. The van der Waals surface area contributed by atoms with Crippen LogP contribution in [-0.2, 0) is 0 Å². The highest BCUT2D eigenvalue weighted by atomic mass is 15.2. The van der Waals surface area contributed by atoms with Crippen molar-refractivity contribution in [2.24, 2.45) is 11.8 Å². The summed E-state index contributed by atoms with van der Waals surface area (Å²) < 4.78 is 2.51. The van der Waals surface area contributed by atoms with Gasteiger partial charge in [0.25, 0.3) is 0 Å². The third-order valence-corrected chi connectivity index (χ3v) is 10.4. The molecule has 2 heteroatoms. The van der Waals surface area contributed by atoms with E-state index in [0.29, 0.717) is 23.9 Å². The topological polar surface area (TPSA) is 8.17 Å². The lowest BCUT2D eigenvalue weighted by molar-refractivity contribution is 0.174. The normalized spacial score (nSPS) is 24.1. The minimum atomic E-state index is 0.360. The molecule has 4 aromatic carbocycles. The van der Waals surface area contributed by atoms with Crippen molar-refractivity contribution in [2.75, 3.05) is 0 Å². The average Bonchev–Trinajstić information content (AvgIpc) is 3.56. The molecule has 1 aliphatic heterocycles. The number of fused-ring (bicyclic) bond motifs is 6. The number of allylic oxidation sites excluding steroid dienone is 4. The summed E-state index contributed by atoms with van der Waals surface area (Å²) in [6.45, 7) is 2.42. The Hall–Kier alpha value is -4.56. The van der Waals surface area contributed by atoms with E-state index in [1.54, 1.807) is 11.3 Å². The van der Waals surface area contributed by atoms with Crippen LogP contribution in [-0.4, -0.2) is 21.6 Å². The fourth-order valence-electron chi connectivity index (χ4n) is 8.36. The molecule has 0 bridgehead atoms. The van der Waals surface area contributed by atoms with Crippen molar-refractivity contribution in [3.63, 3.8) is 0 Å². The van der Waals surface area contributed by atoms with E-state index < -0.39 is 0 Å². The zero-order chi connectivity index (χ0) is 28.5. The van der Waals surface area contributed by atoms with Gasteiger partial charge in [0.2, 0.25) is 0 Å². The molecule has 0 N–H and O–H groups in total. The molecular formula is C41H36N2. The van der Waals surface area contributed by atoms with Crippen LogP contribution in [0, 0.1) is 11.8 Å². The first-order valence-electron chi connectivity index (χ1n) is 16.0. The Bertz CT molecular complexity index is 2120. The van der Waals surface area contributed by atoms with Crippen LogP contribution in [0.15, 0.2) is 127 Å². The summed E-state index contributed by atoms with van der Waals surface area (Å²) in [5.74, 6) is 0.974. The predicted molar refractivity (Wildman–Crippen MR) is 180 cm³/mol. The molecular weight excluding hydrogens is 520 g/mol. The van der Waals surface area contributed by atoms with Crippen LogP contribution >= 0.6 is 0 Å². The Kier molecular flexibility index (Phi) is 5.66. The molecule has 0 amide bonds. The van der Waals surface area contributed by atoms with Crippen LogP contribution in [0.5, 0.6) is 0 Å². The highest BCUT2D eigenvalue weighted by Crippen LogP contribution is 2.45. The summed E-state index contributed by atoms with van der Waals surface area (Å²) in [6, 6.07) is 34.5. The monoisotopic (exact) mass is 556 g/mol. The van der Waals surface area contributed by atoms with Gasteiger partial charge in [0, 0.05) is 33.9 Å². The van der Waals surface area contributed by atoms with Gasteiger partial charge in [0.05, 0.1) is 16.9 Å². The van der Waals surface area contributed by atoms with Gasteiger partial charge < -0.3 is 9.47 Å². The van der Waals surface area contributed by atoms with Crippen LogP contribution < -0.4 is 10.6 Å². The molecule has 0 saturated carbocycles. The molecule has 0 fully saturated rings. The smallest absolute Gasteiger partial charge is 0.0601 e. The maximum Gasteiger partial charge on any atom is 0.0601 e. The zero-order valence-corrected chi connectivity index (χ0v) is 24.7. The van der Waals surface area contributed by atoms with E-state index in [2.05, 4.69) is 144 Å². The summed E-state index contributed by atoms with van der Waals surface area (Å²) in [4.78, 5) is 2.85. The van der Waals surface area contributed by atoms with Crippen molar-refractivity contribution in [3.8, 4) is 16.8 Å². The Balaban J connectivity index is 1.20. The van der Waals surface area contributed by atoms with Crippen molar-refractivity contribution >= 4 is 33.8 Å². The van der Waals surface area contributed by atoms with Gasteiger partial charge in [-0.3, -0.25) is 0 Å². The number of aromatic nitrogens is 1. The maximum absolute atomic E-state index is 2.85. The molecule has 0 saturated heterocycles. The highest BCUT2D eigenvalue weighted by Gasteiger charge is 2.43. The fourth-order valence-corrected chi connectivity index (χ4v) is 8.36. The van der Waals surface area contributed by atoms with Gasteiger partial charge >= 0.3 is 0 Å². The van der Waals surface area contributed by atoms with E-state index >= 15 is 0 Å². The molecule has 4 aliphatic rings. The predicted octanol–water partition coefficient (Wildman–Crippen LogP) is 8.28. The molecule has 0 spiro atoms. The average molecular weight is 557 g/mol. The zero-order valence-electron chi connectivity index (χ0n) is 24.7. The number of hydrogen-bond acceptors (Lipinski definition) is 1. The number of rotatable bonds is 3. The van der Waals surface area contributed by atoms with E-state index in [1.807, 2.05) is 0 Å². The van der Waals surface area contributed by atoms with Gasteiger partial charge in [-0.15, -0.1) is 0 Å². The Labute approximate surface area is 253 Å². The summed E-state index contributed by atoms with van der Waals surface area (Å²) in [5, 5.41) is 6.64. The number of para-hydroxylation sites is 1. The Morgan fingerprint density at radius 2 is 1.56 bits per heavy atom. The molecule has 9 rings (SSSR count). The lowest BCUT2D eigenvalue weighted by Crippen LogP contribution is -2.48. The second kappa shape index (κ2) is 9.74. The van der Waals surface area contributed by atoms with Gasteiger partial charge in [-0.2, -0.15) is 0 Å². The Morgan fingerprint density at radius 1 is 0.744 bits per heavy atom. The molecule has 3 aliphatic carbocycles. The van der Waals surface area contributed by atoms with E-state index in [0.717, 1.165) is 12.8 Å². The first-order chi connectivity index (χ1) is 21.2. The second-order valence-electron chi connectivity index (χ2n) is 12.8. The highest BCUT2D eigenvalue weighted by molar-refractivity contribution is 5.88. The minimum Gasteiger partial charge on any atom is -0.364 e. The SMILES string of the molecule is CC1C=CCCC1N1C2=C(C=CCC2)C2C=c3c(n(-c4ccc(-c5ccc6ccccc6c5)cc4)c4ccccc34)=CC21. The van der Waals surface area contributed by atoms with Crippen LogP contribution in [0.4, 0.5) is 0 Å². The largest absolute Gasteiger partial charge is 0.364 e. The number of nitrogens with zero attached hydrogens (tertiary/aromatic N) is 2. The fraction of sp³-hybridized carbons (Fsp3) is 0.220. The van der Waals surface area contributed by atoms with Crippen LogP contribution in [0.3, 0.4) is 0 Å². The standard InChI is InChI=1S/C41H36N2/c1-27-10-2-7-15-37(27)43-39-17-9-6-14-34(39)36-25-35-33-13-5-8-16-38(33)42(40(35)26-41(36)43)32-22-20-29(21-23-32)31-19-18-28-11-3-4-12-30(28)24-31/h2-6,8,10-14,16,18-27,36-37,41H,7,9,15,17H2,1H3. The molecule has 5 aromatic rings. The number of hydrogen-bond donors (Lipinski definition) is 0. The van der Waals surface area contributed by atoms with Crippen molar-refractivity contribution in [2.45, 2.75) is 44.7 Å². The quantitative estimate of drug-likeness (QED) is 0.203. The third-order valence-electron chi connectivity index (χ3n) is 10.4. The first kappa shape index (κ1) is 25.0. The molecule has 210 valence electrons. The van der Waals surface area contributed by atoms with Crippen molar-refractivity contribution in [1.82, 2.24) is 9.47 Å². The minimum absolute atomic E-state index is 0.360. The van der Waals surface area contributed by atoms with E-state index in [-0.39, 0.29) is 0 Å². The Morgan fingerprint density at radius 3 is 2.44 bits per heavy atom. The van der Waals surface area contributed by atoms with E-state index in [9.17, 15) is 0 Å². The third kappa shape index (κ3) is 3.86. The van der Waals surface area contributed by atoms with Gasteiger partial charge in [-0.1, -0.05) is 104 Å². The molecule has 1 aromatic heterocycles. The first-order valence-corrected chi connectivity index (χ1v) is 16.0. The van der Waals surface area contributed by atoms with Crippen LogP contribution in [0.2, 0.25) is 0 Å². The van der Waals surface area contributed by atoms with Gasteiger partial charge in [-0.25, -0.2) is 0 Å². The van der Waals surface area contributed by atoms with E-state index in [1.165, 1.54) is 61.9 Å². The van der Waals surface area contributed by atoms with Gasteiger partial charge in [0.15, 0.2) is 0 Å². The maximum atomic E-state index is 2.85. The lowest BCUT2D eigenvalue weighted by Gasteiger charge is -2.41.